The molecule has 0 aliphatic carbocycles. The van der Waals surface area contributed by atoms with E-state index in [0.717, 1.165) is 38.3 Å². The molecule has 102 valence electrons. The Labute approximate surface area is 124 Å². The van der Waals surface area contributed by atoms with Gasteiger partial charge in [0.1, 0.15) is 23.5 Å². The van der Waals surface area contributed by atoms with E-state index in [-0.39, 0.29) is 0 Å². The van der Waals surface area contributed by atoms with Crippen molar-refractivity contribution >= 4 is 27.0 Å². The summed E-state index contributed by atoms with van der Waals surface area (Å²) in [6.07, 6.45) is 3.38. The Morgan fingerprint density at radius 2 is 1.75 bits per heavy atom. The van der Waals surface area contributed by atoms with E-state index in [4.69, 9.17) is 9.47 Å². The van der Waals surface area contributed by atoms with Crippen LogP contribution in [-0.4, -0.2) is 29.2 Å². The standard InChI is InChI=1S/C14H12BrN3O2/c1-19-9-3-8(4-10(5-9)20-2)13-12-11(15)6-16-14(12)18-7-17-13/h3-7H,1-2H3,(H,16,17,18). The predicted molar refractivity (Wildman–Crippen MR) is 80.1 cm³/mol. The third-order valence-corrected chi connectivity index (χ3v) is 3.67. The zero-order valence-corrected chi connectivity index (χ0v) is 12.6. The Kier molecular flexibility index (Phi) is 3.31. The maximum absolute atomic E-state index is 5.30. The lowest BCUT2D eigenvalue weighted by Gasteiger charge is -2.09. The molecule has 0 spiro atoms. The molecule has 2 heterocycles. The molecule has 0 saturated carbocycles. The van der Waals surface area contributed by atoms with E-state index in [2.05, 4.69) is 30.9 Å². The summed E-state index contributed by atoms with van der Waals surface area (Å²) in [4.78, 5) is 11.7. The maximum atomic E-state index is 5.30. The number of aromatic amines is 1. The molecule has 20 heavy (non-hydrogen) atoms. The Bertz CT molecular complexity index is 748. The quantitative estimate of drug-likeness (QED) is 0.797. The van der Waals surface area contributed by atoms with Crippen LogP contribution in [-0.2, 0) is 0 Å². The Balaban J connectivity index is 2.27. The van der Waals surface area contributed by atoms with Gasteiger partial charge in [0.05, 0.1) is 25.3 Å². The molecule has 0 unspecified atom stereocenters. The first-order valence-electron chi connectivity index (χ1n) is 5.94. The molecule has 0 aliphatic heterocycles. The minimum absolute atomic E-state index is 0.720. The van der Waals surface area contributed by atoms with Gasteiger partial charge < -0.3 is 14.5 Å². The van der Waals surface area contributed by atoms with Gasteiger partial charge in [-0.05, 0) is 28.1 Å². The molecule has 2 aromatic heterocycles. The second-order valence-corrected chi connectivity index (χ2v) is 5.04. The van der Waals surface area contributed by atoms with Gasteiger partial charge in [-0.25, -0.2) is 9.97 Å². The highest BCUT2D eigenvalue weighted by Gasteiger charge is 2.13. The first-order chi connectivity index (χ1) is 9.72. The van der Waals surface area contributed by atoms with Crippen molar-refractivity contribution in [1.29, 1.82) is 0 Å². The average Bonchev–Trinajstić information content (AvgIpc) is 2.88. The Morgan fingerprint density at radius 1 is 1.05 bits per heavy atom. The lowest BCUT2D eigenvalue weighted by molar-refractivity contribution is 0.394. The van der Waals surface area contributed by atoms with Crippen molar-refractivity contribution in [2.75, 3.05) is 14.2 Å². The highest BCUT2D eigenvalue weighted by Crippen LogP contribution is 2.34. The monoisotopic (exact) mass is 333 g/mol. The van der Waals surface area contributed by atoms with Crippen molar-refractivity contribution < 1.29 is 9.47 Å². The number of nitrogens with one attached hydrogen (secondary N) is 1. The maximum Gasteiger partial charge on any atom is 0.142 e. The molecule has 3 aromatic rings. The molecule has 0 amide bonds. The number of hydrogen-bond donors (Lipinski definition) is 1. The van der Waals surface area contributed by atoms with E-state index in [1.54, 1.807) is 14.2 Å². The van der Waals surface area contributed by atoms with E-state index in [1.165, 1.54) is 6.33 Å². The number of methoxy groups -OCH3 is 2. The van der Waals surface area contributed by atoms with Crippen LogP contribution in [0.5, 0.6) is 11.5 Å². The van der Waals surface area contributed by atoms with Crippen LogP contribution < -0.4 is 9.47 Å². The second-order valence-electron chi connectivity index (χ2n) is 4.18. The number of rotatable bonds is 3. The van der Waals surface area contributed by atoms with Crippen LogP contribution >= 0.6 is 15.9 Å². The van der Waals surface area contributed by atoms with Gasteiger partial charge in [0.25, 0.3) is 0 Å². The van der Waals surface area contributed by atoms with Gasteiger partial charge in [-0.15, -0.1) is 0 Å². The van der Waals surface area contributed by atoms with Crippen LogP contribution in [0.3, 0.4) is 0 Å². The first kappa shape index (κ1) is 12.9. The smallest absolute Gasteiger partial charge is 0.142 e. The molecule has 0 bridgehead atoms. The van der Waals surface area contributed by atoms with Crippen LogP contribution in [0.1, 0.15) is 0 Å². The van der Waals surface area contributed by atoms with Gasteiger partial charge in [-0.3, -0.25) is 0 Å². The predicted octanol–water partition coefficient (Wildman–Crippen LogP) is 3.40. The van der Waals surface area contributed by atoms with Crippen LogP contribution in [0.2, 0.25) is 0 Å². The van der Waals surface area contributed by atoms with Crippen molar-refractivity contribution in [1.82, 2.24) is 15.0 Å². The second kappa shape index (κ2) is 5.13. The fourth-order valence-electron chi connectivity index (χ4n) is 2.09. The zero-order valence-electron chi connectivity index (χ0n) is 11.0. The van der Waals surface area contributed by atoms with Crippen LogP contribution in [0.25, 0.3) is 22.3 Å². The number of fused-ring (bicyclic) bond motifs is 1. The van der Waals surface area contributed by atoms with Gasteiger partial charge in [0, 0.05) is 22.3 Å². The highest BCUT2D eigenvalue weighted by molar-refractivity contribution is 9.10. The fourth-order valence-corrected chi connectivity index (χ4v) is 2.58. The average molecular weight is 334 g/mol. The number of halogens is 1. The Morgan fingerprint density at radius 3 is 2.40 bits per heavy atom. The summed E-state index contributed by atoms with van der Waals surface area (Å²) >= 11 is 3.51. The molecule has 0 atom stereocenters. The van der Waals surface area contributed by atoms with Crippen molar-refractivity contribution in [2.24, 2.45) is 0 Å². The van der Waals surface area contributed by atoms with Gasteiger partial charge in [-0.2, -0.15) is 0 Å². The zero-order chi connectivity index (χ0) is 14.1. The summed E-state index contributed by atoms with van der Waals surface area (Å²) in [5.74, 6) is 1.44. The lowest BCUT2D eigenvalue weighted by Crippen LogP contribution is -1.92. The van der Waals surface area contributed by atoms with E-state index < -0.39 is 0 Å². The summed E-state index contributed by atoms with van der Waals surface area (Å²) in [7, 11) is 3.25. The molecule has 6 heteroatoms. The van der Waals surface area contributed by atoms with Crippen molar-refractivity contribution in [2.45, 2.75) is 0 Å². The molecule has 0 saturated heterocycles. The first-order valence-corrected chi connectivity index (χ1v) is 6.73. The summed E-state index contributed by atoms with van der Waals surface area (Å²) in [6.45, 7) is 0. The van der Waals surface area contributed by atoms with E-state index in [0.29, 0.717) is 0 Å². The summed E-state index contributed by atoms with van der Waals surface area (Å²) in [5, 5.41) is 0.933. The van der Waals surface area contributed by atoms with Gasteiger partial charge in [0.15, 0.2) is 0 Å². The molecule has 1 N–H and O–H groups in total. The van der Waals surface area contributed by atoms with Crippen molar-refractivity contribution in [3.8, 4) is 22.8 Å². The third kappa shape index (κ3) is 2.12. The van der Waals surface area contributed by atoms with E-state index >= 15 is 0 Å². The number of ether oxygens (including phenoxy) is 2. The Hall–Kier alpha value is -2.08. The largest absolute Gasteiger partial charge is 0.497 e. The molecule has 0 aliphatic rings. The highest BCUT2D eigenvalue weighted by atomic mass is 79.9. The molecular weight excluding hydrogens is 322 g/mol. The minimum atomic E-state index is 0.720. The third-order valence-electron chi connectivity index (χ3n) is 3.05. The van der Waals surface area contributed by atoms with Crippen LogP contribution in [0, 0.1) is 0 Å². The number of H-pyrrole nitrogens is 1. The number of nitrogens with zero attached hydrogens (tertiary/aromatic N) is 2. The number of aromatic nitrogens is 3. The molecule has 1 aromatic carbocycles. The molecule has 3 rings (SSSR count). The number of hydrogen-bond acceptors (Lipinski definition) is 4. The molecule has 0 fully saturated rings. The van der Waals surface area contributed by atoms with Crippen LogP contribution in [0.15, 0.2) is 35.2 Å². The number of benzene rings is 1. The summed E-state index contributed by atoms with van der Waals surface area (Å²) in [5.41, 5.74) is 2.51. The van der Waals surface area contributed by atoms with Crippen LogP contribution in [0.4, 0.5) is 0 Å². The summed E-state index contributed by atoms with van der Waals surface area (Å²) in [6, 6.07) is 5.67. The minimum Gasteiger partial charge on any atom is -0.497 e. The van der Waals surface area contributed by atoms with E-state index in [1.807, 2.05) is 24.4 Å². The summed E-state index contributed by atoms with van der Waals surface area (Å²) < 4.78 is 11.5. The molecular formula is C14H12BrN3O2. The van der Waals surface area contributed by atoms with E-state index in [9.17, 15) is 0 Å². The van der Waals surface area contributed by atoms with Gasteiger partial charge >= 0.3 is 0 Å². The van der Waals surface area contributed by atoms with Crippen molar-refractivity contribution in [3.63, 3.8) is 0 Å². The fraction of sp³-hybridized carbons (Fsp3) is 0.143. The lowest BCUT2D eigenvalue weighted by atomic mass is 10.1. The SMILES string of the molecule is COc1cc(OC)cc(-c2ncnc3[nH]cc(Br)c23)c1. The van der Waals surface area contributed by atoms with Gasteiger partial charge in [0.2, 0.25) is 0 Å². The topological polar surface area (TPSA) is 60.0 Å². The van der Waals surface area contributed by atoms with Gasteiger partial charge in [-0.1, -0.05) is 0 Å². The normalized spacial score (nSPS) is 10.8. The van der Waals surface area contributed by atoms with Crippen molar-refractivity contribution in [3.05, 3.63) is 35.2 Å². The molecule has 0 radical (unpaired) electrons. The molecule has 5 nitrogen and oxygen atoms in total.